The van der Waals surface area contributed by atoms with E-state index in [4.69, 9.17) is 18.9 Å². The summed E-state index contributed by atoms with van der Waals surface area (Å²) in [5.41, 5.74) is 2.02. The molecule has 0 aliphatic carbocycles. The summed E-state index contributed by atoms with van der Waals surface area (Å²) in [7, 11) is 0. The average molecular weight is 516 g/mol. The number of carbonyl (C=O) groups excluding carboxylic acids is 1. The molecule has 8 heteroatoms. The number of carboxylic acids is 1. The first-order valence-corrected chi connectivity index (χ1v) is 13.0. The van der Waals surface area contributed by atoms with Crippen molar-refractivity contribution in [2.24, 2.45) is 0 Å². The topological polar surface area (TPSA) is 94.5 Å². The number of hydrogen-bond donors (Lipinski definition) is 1. The van der Waals surface area contributed by atoms with Crippen molar-refractivity contribution >= 4 is 12.1 Å². The molecule has 8 nitrogen and oxygen atoms in total. The number of nitrogens with zero attached hydrogens (tertiary/aromatic N) is 1. The molecule has 0 aliphatic rings. The maximum atomic E-state index is 12.9. The Morgan fingerprint density at radius 1 is 0.892 bits per heavy atom. The number of unbranched alkanes of at least 4 members (excludes halogenated alkanes) is 1. The number of carboxylic acid groups (broad SMARTS) is 1. The average Bonchev–Trinajstić information content (AvgIpc) is 2.88. The van der Waals surface area contributed by atoms with E-state index in [1.54, 1.807) is 24.0 Å². The number of benzene rings is 2. The van der Waals surface area contributed by atoms with Gasteiger partial charge in [0.25, 0.3) is 0 Å². The second-order valence-corrected chi connectivity index (χ2v) is 9.02. The Morgan fingerprint density at radius 2 is 1.54 bits per heavy atom. The van der Waals surface area contributed by atoms with Crippen molar-refractivity contribution in [2.45, 2.75) is 59.0 Å². The van der Waals surface area contributed by atoms with Gasteiger partial charge in [-0.15, -0.1) is 0 Å². The highest BCUT2D eigenvalue weighted by molar-refractivity contribution is 5.72. The highest BCUT2D eigenvalue weighted by Gasteiger charge is 2.18. The van der Waals surface area contributed by atoms with Crippen LogP contribution in [0.4, 0.5) is 4.79 Å². The maximum absolute atomic E-state index is 12.9. The maximum Gasteiger partial charge on any atom is 0.415 e. The van der Waals surface area contributed by atoms with E-state index in [1.807, 2.05) is 36.4 Å². The minimum atomic E-state index is -0.983. The fourth-order valence-electron chi connectivity index (χ4n) is 3.53. The van der Waals surface area contributed by atoms with Crippen molar-refractivity contribution in [3.05, 3.63) is 59.7 Å². The SMILES string of the molecule is CCCCOCCN(CCOc1ccc(CC(OCC)C(=O)O)cc1)C(=O)Oc1ccc(C(C)C)cc1. The lowest BCUT2D eigenvalue weighted by Gasteiger charge is -2.22. The molecule has 0 saturated heterocycles. The third kappa shape index (κ3) is 11.2. The quantitative estimate of drug-likeness (QED) is 0.277. The van der Waals surface area contributed by atoms with Crippen LogP contribution in [0.2, 0.25) is 0 Å². The molecule has 0 radical (unpaired) electrons. The van der Waals surface area contributed by atoms with E-state index >= 15 is 0 Å². The molecule has 2 rings (SSSR count). The highest BCUT2D eigenvalue weighted by Crippen LogP contribution is 2.19. The molecule has 0 bridgehead atoms. The van der Waals surface area contributed by atoms with Gasteiger partial charge in [-0.25, -0.2) is 9.59 Å². The molecular weight excluding hydrogens is 474 g/mol. The van der Waals surface area contributed by atoms with Crippen LogP contribution in [-0.4, -0.2) is 67.7 Å². The summed E-state index contributed by atoms with van der Waals surface area (Å²) in [5, 5.41) is 9.26. The Morgan fingerprint density at radius 3 is 2.14 bits per heavy atom. The molecular formula is C29H41NO7. The zero-order chi connectivity index (χ0) is 27.0. The lowest BCUT2D eigenvalue weighted by molar-refractivity contribution is -0.149. The van der Waals surface area contributed by atoms with E-state index in [-0.39, 0.29) is 13.0 Å². The second kappa shape index (κ2) is 16.6. The Bertz CT molecular complexity index is 928. The third-order valence-electron chi connectivity index (χ3n) is 5.78. The van der Waals surface area contributed by atoms with Gasteiger partial charge in [-0.1, -0.05) is 51.5 Å². The van der Waals surface area contributed by atoms with Crippen LogP contribution in [0.1, 0.15) is 57.6 Å². The van der Waals surface area contributed by atoms with Crippen LogP contribution in [0, 0.1) is 0 Å². The first-order valence-electron chi connectivity index (χ1n) is 13.0. The number of ether oxygens (including phenoxy) is 4. The second-order valence-electron chi connectivity index (χ2n) is 9.02. The first kappa shape index (κ1) is 30.1. The van der Waals surface area contributed by atoms with E-state index in [1.165, 1.54) is 5.56 Å². The van der Waals surface area contributed by atoms with Gasteiger partial charge in [-0.3, -0.25) is 0 Å². The number of rotatable bonds is 17. The lowest BCUT2D eigenvalue weighted by atomic mass is 10.0. The van der Waals surface area contributed by atoms with E-state index in [9.17, 15) is 14.7 Å². The van der Waals surface area contributed by atoms with Gasteiger partial charge in [0.05, 0.1) is 13.2 Å². The van der Waals surface area contributed by atoms with Gasteiger partial charge in [0.2, 0.25) is 0 Å². The van der Waals surface area contributed by atoms with E-state index in [2.05, 4.69) is 20.8 Å². The molecule has 1 atom stereocenters. The number of amides is 1. The fourth-order valence-corrected chi connectivity index (χ4v) is 3.53. The van der Waals surface area contributed by atoms with Crippen LogP contribution in [-0.2, 0) is 20.7 Å². The molecule has 1 N–H and O–H groups in total. The van der Waals surface area contributed by atoms with Gasteiger partial charge in [-0.2, -0.15) is 0 Å². The predicted molar refractivity (Wildman–Crippen MR) is 143 cm³/mol. The molecule has 2 aromatic carbocycles. The number of carbonyl (C=O) groups is 2. The molecule has 0 spiro atoms. The standard InChI is InChI=1S/C29H41NO7/c1-5-7-18-34-19-16-30(29(33)37-26-14-10-24(11-15-26)22(3)4)17-20-36-25-12-8-23(9-13-25)21-27(28(31)32)35-6-2/h8-15,22,27H,5-7,16-21H2,1-4H3,(H,31,32). The molecule has 0 saturated carbocycles. The summed E-state index contributed by atoms with van der Waals surface area (Å²) in [6, 6.07) is 14.7. The summed E-state index contributed by atoms with van der Waals surface area (Å²) < 4.78 is 22.4. The highest BCUT2D eigenvalue weighted by atomic mass is 16.6. The van der Waals surface area contributed by atoms with Gasteiger partial charge in [0.1, 0.15) is 18.1 Å². The van der Waals surface area contributed by atoms with Crippen molar-refractivity contribution in [1.29, 1.82) is 0 Å². The predicted octanol–water partition coefficient (Wildman–Crippen LogP) is 5.54. The Kier molecular flexibility index (Phi) is 13.5. The molecule has 1 amide bonds. The molecule has 0 heterocycles. The van der Waals surface area contributed by atoms with Crippen molar-refractivity contribution < 1.29 is 33.6 Å². The van der Waals surface area contributed by atoms with E-state index in [0.29, 0.717) is 50.3 Å². The Hall–Kier alpha value is -3.10. The normalized spacial score (nSPS) is 11.8. The summed E-state index contributed by atoms with van der Waals surface area (Å²) in [6.45, 7) is 10.5. The Balaban J connectivity index is 1.92. The minimum absolute atomic E-state index is 0.270. The molecule has 1 unspecified atom stereocenters. The van der Waals surface area contributed by atoms with Crippen LogP contribution in [0.5, 0.6) is 11.5 Å². The molecule has 2 aromatic rings. The fraction of sp³-hybridized carbons (Fsp3) is 0.517. The Labute approximate surface area is 220 Å². The number of hydrogen-bond acceptors (Lipinski definition) is 6. The molecule has 0 fully saturated rings. The van der Waals surface area contributed by atoms with Crippen LogP contribution in [0.25, 0.3) is 0 Å². The summed E-state index contributed by atoms with van der Waals surface area (Å²) >= 11 is 0. The van der Waals surface area contributed by atoms with Crippen molar-refractivity contribution in [3.63, 3.8) is 0 Å². The van der Waals surface area contributed by atoms with Crippen molar-refractivity contribution in [1.82, 2.24) is 4.90 Å². The molecule has 0 aromatic heterocycles. The van der Waals surface area contributed by atoms with Crippen LogP contribution in [0.15, 0.2) is 48.5 Å². The summed E-state index contributed by atoms with van der Waals surface area (Å²) in [5.74, 6) is 0.540. The first-order chi connectivity index (χ1) is 17.8. The molecule has 37 heavy (non-hydrogen) atoms. The van der Waals surface area contributed by atoms with Gasteiger partial charge >= 0.3 is 12.1 Å². The molecule has 0 aliphatic heterocycles. The summed E-state index contributed by atoms with van der Waals surface area (Å²) in [6.07, 6.45) is 0.972. The van der Waals surface area contributed by atoms with Crippen LogP contribution < -0.4 is 9.47 Å². The largest absolute Gasteiger partial charge is 0.492 e. The van der Waals surface area contributed by atoms with Gasteiger partial charge < -0.3 is 29.0 Å². The number of aliphatic carboxylic acids is 1. The van der Waals surface area contributed by atoms with E-state index < -0.39 is 18.2 Å². The zero-order valence-electron chi connectivity index (χ0n) is 22.5. The van der Waals surface area contributed by atoms with Crippen LogP contribution >= 0.6 is 0 Å². The molecule has 204 valence electrons. The lowest BCUT2D eigenvalue weighted by Crippen LogP contribution is -2.39. The van der Waals surface area contributed by atoms with Crippen LogP contribution in [0.3, 0.4) is 0 Å². The van der Waals surface area contributed by atoms with Crippen molar-refractivity contribution in [2.75, 3.05) is 39.5 Å². The summed E-state index contributed by atoms with van der Waals surface area (Å²) in [4.78, 5) is 25.8. The smallest absolute Gasteiger partial charge is 0.415 e. The minimum Gasteiger partial charge on any atom is -0.492 e. The van der Waals surface area contributed by atoms with Gasteiger partial charge in [0, 0.05) is 26.2 Å². The zero-order valence-corrected chi connectivity index (χ0v) is 22.5. The van der Waals surface area contributed by atoms with E-state index in [0.717, 1.165) is 18.4 Å². The third-order valence-corrected chi connectivity index (χ3v) is 5.78. The van der Waals surface area contributed by atoms with Gasteiger partial charge in [-0.05, 0) is 54.7 Å². The van der Waals surface area contributed by atoms with Gasteiger partial charge in [0.15, 0.2) is 6.10 Å². The van der Waals surface area contributed by atoms with Crippen molar-refractivity contribution in [3.8, 4) is 11.5 Å². The monoisotopic (exact) mass is 515 g/mol.